The van der Waals surface area contributed by atoms with Gasteiger partial charge in [0.05, 0.1) is 5.75 Å². The van der Waals surface area contributed by atoms with Crippen LogP contribution in [0, 0.1) is 12.8 Å². The number of nitrogens with one attached hydrogen (secondary N) is 1. The van der Waals surface area contributed by atoms with Crippen molar-refractivity contribution in [3.05, 3.63) is 59.7 Å². The van der Waals surface area contributed by atoms with Gasteiger partial charge in [0.1, 0.15) is 5.75 Å². The molecular weight excluding hydrogens is 376 g/mol. The highest BCUT2D eigenvalue weighted by Crippen LogP contribution is 2.19. The summed E-state index contributed by atoms with van der Waals surface area (Å²) in [6.07, 6.45) is 0. The number of amides is 2. The van der Waals surface area contributed by atoms with Crippen LogP contribution in [0.5, 0.6) is 5.75 Å². The molecule has 0 fully saturated rings. The molecule has 2 aromatic carbocycles. The van der Waals surface area contributed by atoms with E-state index in [9.17, 15) is 13.2 Å². The summed E-state index contributed by atoms with van der Waals surface area (Å²) in [5, 5.41) is 2.93. The summed E-state index contributed by atoms with van der Waals surface area (Å²) in [6.45, 7) is 8.49. The van der Waals surface area contributed by atoms with Crippen LogP contribution in [0.25, 0.3) is 0 Å². The number of aryl methyl sites for hydroxylation is 1. The van der Waals surface area contributed by atoms with Gasteiger partial charge in [-0.05, 0) is 55.2 Å². The van der Waals surface area contributed by atoms with Crippen LogP contribution in [0.4, 0.5) is 10.5 Å². The first-order valence-electron chi connectivity index (χ1n) is 9.32. The highest BCUT2D eigenvalue weighted by atomic mass is 32.2. The molecule has 1 N–H and O–H groups in total. The Bertz CT molecular complexity index is 910. The summed E-state index contributed by atoms with van der Waals surface area (Å²) in [7, 11) is -3.59. The molecule has 7 heteroatoms. The molecule has 0 aliphatic rings. The fourth-order valence-electron chi connectivity index (χ4n) is 2.71. The predicted molar refractivity (Wildman–Crippen MR) is 112 cm³/mol. The molecule has 0 atom stereocenters. The predicted octanol–water partition coefficient (Wildman–Crippen LogP) is 4.41. The first-order valence-corrected chi connectivity index (χ1v) is 10.9. The number of nitrogens with zero attached hydrogens (tertiary/aromatic N) is 1. The van der Waals surface area contributed by atoms with Gasteiger partial charge in [0.15, 0.2) is 0 Å². The maximum atomic E-state index is 12.8. The molecule has 0 radical (unpaired) electrons. The molecule has 0 aliphatic heterocycles. The van der Waals surface area contributed by atoms with Crippen LogP contribution in [0.3, 0.4) is 0 Å². The van der Waals surface area contributed by atoms with E-state index in [0.29, 0.717) is 13.1 Å². The maximum absolute atomic E-state index is 12.8. The lowest BCUT2D eigenvalue weighted by atomic mass is 10.1. The van der Waals surface area contributed by atoms with Crippen molar-refractivity contribution < 1.29 is 17.4 Å². The van der Waals surface area contributed by atoms with Crippen molar-refractivity contribution in [1.29, 1.82) is 0 Å². The van der Waals surface area contributed by atoms with Gasteiger partial charge in [0.25, 0.3) is 0 Å². The Kier molecular flexibility index (Phi) is 7.45. The number of carbonyl (C=O) groups excluding carboxylic acids is 1. The number of hydrogen-bond acceptors (Lipinski definition) is 4. The summed E-state index contributed by atoms with van der Waals surface area (Å²) >= 11 is 0. The van der Waals surface area contributed by atoms with Gasteiger partial charge in [0, 0.05) is 18.8 Å². The molecule has 0 saturated heterocycles. The Morgan fingerprint density at radius 3 is 2.50 bits per heavy atom. The van der Waals surface area contributed by atoms with E-state index in [0.717, 1.165) is 16.8 Å². The topological polar surface area (TPSA) is 75.7 Å². The smallest absolute Gasteiger partial charge is 0.322 e. The molecule has 2 rings (SSSR count). The van der Waals surface area contributed by atoms with Gasteiger partial charge in [-0.25, -0.2) is 4.79 Å². The summed E-state index contributed by atoms with van der Waals surface area (Å²) in [5.74, 6) is 0.432. The number of hydrogen-bond donors (Lipinski definition) is 1. The lowest BCUT2D eigenvalue weighted by Crippen LogP contribution is -2.37. The zero-order chi connectivity index (χ0) is 20.7. The van der Waals surface area contributed by atoms with E-state index in [-0.39, 0.29) is 23.5 Å². The summed E-state index contributed by atoms with van der Waals surface area (Å²) in [5.41, 5.74) is 2.60. The maximum Gasteiger partial charge on any atom is 0.322 e. The molecular formula is C21H28N2O4S. The van der Waals surface area contributed by atoms with E-state index >= 15 is 0 Å². The Morgan fingerprint density at radius 1 is 1.14 bits per heavy atom. The second-order valence-corrected chi connectivity index (χ2v) is 9.01. The van der Waals surface area contributed by atoms with Crippen molar-refractivity contribution in [1.82, 2.24) is 4.90 Å². The highest BCUT2D eigenvalue weighted by Gasteiger charge is 2.17. The van der Waals surface area contributed by atoms with Crippen LogP contribution in [-0.4, -0.2) is 31.6 Å². The molecule has 0 bridgehead atoms. The number of rotatable bonds is 8. The minimum Gasteiger partial charge on any atom is -0.382 e. The molecule has 0 aliphatic carbocycles. The molecule has 0 heterocycles. The number of carbonyl (C=O) groups is 1. The average molecular weight is 405 g/mol. The number of urea groups is 1. The minimum atomic E-state index is -3.59. The summed E-state index contributed by atoms with van der Waals surface area (Å²) in [6, 6.07) is 14.2. The van der Waals surface area contributed by atoms with Crippen LogP contribution >= 0.6 is 0 Å². The van der Waals surface area contributed by atoms with Crippen molar-refractivity contribution >= 4 is 21.8 Å². The fraction of sp³-hybridized carbons (Fsp3) is 0.381. The zero-order valence-electron chi connectivity index (χ0n) is 16.8. The van der Waals surface area contributed by atoms with Crippen molar-refractivity contribution in [2.45, 2.75) is 34.2 Å². The van der Waals surface area contributed by atoms with Gasteiger partial charge in [-0.1, -0.05) is 38.1 Å². The van der Waals surface area contributed by atoms with Gasteiger partial charge in [0.2, 0.25) is 0 Å². The third kappa shape index (κ3) is 6.88. The highest BCUT2D eigenvalue weighted by molar-refractivity contribution is 7.87. The lowest BCUT2D eigenvalue weighted by Gasteiger charge is -2.25. The van der Waals surface area contributed by atoms with Gasteiger partial charge in [-0.3, -0.25) is 0 Å². The summed E-state index contributed by atoms with van der Waals surface area (Å²) < 4.78 is 28.5. The molecule has 0 saturated carbocycles. The minimum absolute atomic E-state index is 0.102. The molecule has 2 amide bonds. The van der Waals surface area contributed by atoms with Gasteiger partial charge >= 0.3 is 16.1 Å². The normalized spacial score (nSPS) is 11.3. The molecule has 28 heavy (non-hydrogen) atoms. The quantitative estimate of drug-likeness (QED) is 0.661. The van der Waals surface area contributed by atoms with Crippen LogP contribution in [0.15, 0.2) is 48.5 Å². The van der Waals surface area contributed by atoms with Crippen molar-refractivity contribution in [3.8, 4) is 5.75 Å². The average Bonchev–Trinajstić information content (AvgIpc) is 2.61. The largest absolute Gasteiger partial charge is 0.382 e. The zero-order valence-corrected chi connectivity index (χ0v) is 17.6. The van der Waals surface area contributed by atoms with Crippen LogP contribution < -0.4 is 9.50 Å². The Balaban J connectivity index is 2.16. The van der Waals surface area contributed by atoms with E-state index in [1.54, 1.807) is 23.1 Å². The van der Waals surface area contributed by atoms with E-state index in [1.807, 2.05) is 51.1 Å². The lowest BCUT2D eigenvalue weighted by molar-refractivity contribution is 0.201. The Hall–Kier alpha value is -2.54. The first kappa shape index (κ1) is 21.8. The molecule has 2 aromatic rings. The van der Waals surface area contributed by atoms with Gasteiger partial charge in [-0.15, -0.1) is 0 Å². The van der Waals surface area contributed by atoms with E-state index < -0.39 is 10.1 Å². The second-order valence-electron chi connectivity index (χ2n) is 7.15. The van der Waals surface area contributed by atoms with Crippen molar-refractivity contribution in [2.24, 2.45) is 5.92 Å². The van der Waals surface area contributed by atoms with Crippen LogP contribution in [-0.2, 0) is 16.7 Å². The summed E-state index contributed by atoms with van der Waals surface area (Å²) in [4.78, 5) is 14.5. The third-order valence-corrected chi connectivity index (χ3v) is 5.14. The molecule has 0 aromatic heterocycles. The third-order valence-electron chi connectivity index (χ3n) is 3.99. The van der Waals surface area contributed by atoms with E-state index in [4.69, 9.17) is 4.18 Å². The Morgan fingerprint density at radius 2 is 1.86 bits per heavy atom. The van der Waals surface area contributed by atoms with Crippen molar-refractivity contribution in [3.63, 3.8) is 0 Å². The van der Waals surface area contributed by atoms with E-state index in [2.05, 4.69) is 5.32 Å². The first-order chi connectivity index (χ1) is 13.2. The van der Waals surface area contributed by atoms with Crippen LogP contribution in [0.1, 0.15) is 31.9 Å². The fourth-order valence-corrected chi connectivity index (χ4v) is 3.22. The molecule has 0 spiro atoms. The Labute approximate surface area is 167 Å². The van der Waals surface area contributed by atoms with Gasteiger partial charge in [-0.2, -0.15) is 8.42 Å². The molecule has 6 nitrogen and oxygen atoms in total. The second kappa shape index (κ2) is 9.59. The van der Waals surface area contributed by atoms with Crippen LogP contribution in [0.2, 0.25) is 0 Å². The van der Waals surface area contributed by atoms with Crippen molar-refractivity contribution in [2.75, 3.05) is 17.6 Å². The number of anilines is 1. The SMILES string of the molecule is CCS(=O)(=O)Oc1cccc(CN(CC(C)C)C(=O)Nc2cccc(C)c2)c1. The monoisotopic (exact) mass is 404 g/mol. The standard InChI is InChI=1S/C21H28N2O4S/c1-5-28(25,26)27-20-11-7-9-18(13-20)15-23(14-16(2)3)21(24)22-19-10-6-8-17(4)12-19/h6-13,16H,5,14-15H2,1-4H3,(H,22,24). The molecule has 0 unspecified atom stereocenters. The number of benzene rings is 2. The molecule has 152 valence electrons. The van der Waals surface area contributed by atoms with E-state index in [1.165, 1.54) is 6.92 Å². The van der Waals surface area contributed by atoms with Gasteiger partial charge < -0.3 is 14.4 Å².